The van der Waals surface area contributed by atoms with Crippen LogP contribution < -0.4 is 15.4 Å². The Labute approximate surface area is 171 Å². The summed E-state index contributed by atoms with van der Waals surface area (Å²) in [6.07, 6.45) is 0.846. The van der Waals surface area contributed by atoms with E-state index in [1.807, 2.05) is 35.9 Å². The van der Waals surface area contributed by atoms with Crippen LogP contribution in [0.2, 0.25) is 0 Å². The van der Waals surface area contributed by atoms with Crippen molar-refractivity contribution in [3.63, 3.8) is 0 Å². The summed E-state index contributed by atoms with van der Waals surface area (Å²) in [5.41, 5.74) is 1.37. The van der Waals surface area contributed by atoms with Gasteiger partial charge in [-0.1, -0.05) is 18.2 Å². The summed E-state index contributed by atoms with van der Waals surface area (Å²) >= 11 is 3.02. The number of hydrogen-bond donors (Lipinski definition) is 2. The molecule has 0 saturated heterocycles. The van der Waals surface area contributed by atoms with Crippen molar-refractivity contribution in [2.24, 2.45) is 0 Å². The molecule has 0 saturated carbocycles. The summed E-state index contributed by atoms with van der Waals surface area (Å²) in [5.74, 6) is 0.242. The van der Waals surface area contributed by atoms with Crippen molar-refractivity contribution < 1.29 is 14.3 Å². The maximum Gasteiger partial charge on any atom is 0.255 e. The van der Waals surface area contributed by atoms with Crippen LogP contribution in [-0.2, 0) is 4.79 Å². The van der Waals surface area contributed by atoms with Crippen molar-refractivity contribution in [2.45, 2.75) is 19.8 Å². The van der Waals surface area contributed by atoms with Crippen LogP contribution in [0.5, 0.6) is 5.75 Å². The number of benzene rings is 1. The molecule has 3 aromatic rings. The molecule has 0 radical (unpaired) electrons. The van der Waals surface area contributed by atoms with E-state index in [9.17, 15) is 9.59 Å². The van der Waals surface area contributed by atoms with E-state index in [4.69, 9.17) is 4.74 Å². The highest BCUT2D eigenvalue weighted by atomic mass is 32.1. The molecule has 0 fully saturated rings. The number of carbonyl (C=O) groups excluding carboxylic acids is 2. The van der Waals surface area contributed by atoms with E-state index in [1.165, 1.54) is 11.3 Å². The van der Waals surface area contributed by atoms with E-state index < -0.39 is 0 Å². The number of carbonyl (C=O) groups is 2. The zero-order chi connectivity index (χ0) is 19.8. The van der Waals surface area contributed by atoms with Crippen LogP contribution in [0.3, 0.4) is 0 Å². The molecule has 146 valence electrons. The summed E-state index contributed by atoms with van der Waals surface area (Å²) in [6, 6.07) is 11.1. The number of para-hydroxylation sites is 1. The van der Waals surface area contributed by atoms with Gasteiger partial charge in [-0.05, 0) is 36.9 Å². The minimum Gasteiger partial charge on any atom is -0.493 e. The monoisotopic (exact) mass is 415 g/mol. The van der Waals surface area contributed by atoms with Crippen LogP contribution in [0, 0.1) is 0 Å². The van der Waals surface area contributed by atoms with E-state index in [2.05, 4.69) is 15.6 Å². The van der Waals surface area contributed by atoms with E-state index in [0.29, 0.717) is 42.4 Å². The highest BCUT2D eigenvalue weighted by Crippen LogP contribution is 2.28. The van der Waals surface area contributed by atoms with Crippen molar-refractivity contribution in [3.05, 3.63) is 52.7 Å². The smallest absolute Gasteiger partial charge is 0.255 e. The lowest BCUT2D eigenvalue weighted by Crippen LogP contribution is -2.26. The number of thiophene rings is 1. The Morgan fingerprint density at radius 1 is 1.14 bits per heavy atom. The number of amides is 2. The Morgan fingerprint density at radius 3 is 2.79 bits per heavy atom. The molecule has 2 N–H and O–H groups in total. The van der Waals surface area contributed by atoms with Gasteiger partial charge in [0.25, 0.3) is 5.91 Å². The molecule has 0 unspecified atom stereocenters. The number of anilines is 1. The Kier molecular flexibility index (Phi) is 7.16. The first-order valence-corrected chi connectivity index (χ1v) is 10.7. The molecule has 0 spiro atoms. The Hall–Kier alpha value is -2.71. The van der Waals surface area contributed by atoms with Gasteiger partial charge in [0.15, 0.2) is 5.13 Å². The molecule has 2 amide bonds. The van der Waals surface area contributed by atoms with Crippen LogP contribution in [0.1, 0.15) is 30.1 Å². The van der Waals surface area contributed by atoms with Crippen LogP contribution in [0.4, 0.5) is 5.13 Å². The average Bonchev–Trinajstić information content (AvgIpc) is 3.37. The second-order valence-electron chi connectivity index (χ2n) is 5.85. The normalized spacial score (nSPS) is 10.5. The highest BCUT2D eigenvalue weighted by molar-refractivity contribution is 7.16. The van der Waals surface area contributed by atoms with Gasteiger partial charge in [-0.25, -0.2) is 4.98 Å². The molecule has 2 aromatic heterocycles. The number of rotatable bonds is 9. The summed E-state index contributed by atoms with van der Waals surface area (Å²) in [6.45, 7) is 2.78. The van der Waals surface area contributed by atoms with Gasteiger partial charge in [-0.2, -0.15) is 0 Å². The first-order chi connectivity index (χ1) is 13.7. The summed E-state index contributed by atoms with van der Waals surface area (Å²) in [5, 5.41) is 10.1. The predicted octanol–water partition coefficient (Wildman–Crippen LogP) is 4.42. The largest absolute Gasteiger partial charge is 0.493 e. The zero-order valence-electron chi connectivity index (χ0n) is 15.4. The minimum absolute atomic E-state index is 0.115. The Morgan fingerprint density at radius 2 is 2.00 bits per heavy atom. The van der Waals surface area contributed by atoms with Gasteiger partial charge in [-0.15, -0.1) is 22.7 Å². The lowest BCUT2D eigenvalue weighted by atomic mass is 10.2. The fraction of sp³-hybridized carbons (Fsp3) is 0.250. The third-order valence-corrected chi connectivity index (χ3v) is 5.47. The standard InChI is InChI=1S/C20H21N3O3S2/c1-2-26-16-8-4-3-7-14(16)19(25)21-11-5-10-18(24)23-20-22-15(13-28-20)17-9-6-12-27-17/h3-4,6-9,12-13H,2,5,10-11H2,1H3,(H,21,25)(H,22,23,24). The topological polar surface area (TPSA) is 80.3 Å². The van der Waals surface area contributed by atoms with Gasteiger partial charge < -0.3 is 15.4 Å². The van der Waals surface area contributed by atoms with Crippen LogP contribution >= 0.6 is 22.7 Å². The maximum atomic E-state index is 12.3. The fourth-order valence-corrected chi connectivity index (χ4v) is 4.02. The first-order valence-electron chi connectivity index (χ1n) is 8.96. The lowest BCUT2D eigenvalue weighted by molar-refractivity contribution is -0.116. The van der Waals surface area contributed by atoms with Gasteiger partial charge >= 0.3 is 0 Å². The number of ether oxygens (including phenoxy) is 1. The third-order valence-electron chi connectivity index (χ3n) is 3.82. The average molecular weight is 416 g/mol. The number of hydrogen-bond acceptors (Lipinski definition) is 6. The number of thiazole rings is 1. The Balaban J connectivity index is 1.42. The zero-order valence-corrected chi connectivity index (χ0v) is 17.1. The summed E-state index contributed by atoms with van der Waals surface area (Å²) < 4.78 is 5.47. The van der Waals surface area contributed by atoms with E-state index in [-0.39, 0.29) is 11.8 Å². The fourth-order valence-electron chi connectivity index (χ4n) is 2.53. The SMILES string of the molecule is CCOc1ccccc1C(=O)NCCCC(=O)Nc1nc(-c2cccs2)cs1. The molecular formula is C20H21N3O3S2. The molecule has 2 heterocycles. The van der Waals surface area contributed by atoms with E-state index >= 15 is 0 Å². The molecule has 0 aliphatic carbocycles. The second-order valence-corrected chi connectivity index (χ2v) is 7.66. The lowest BCUT2D eigenvalue weighted by Gasteiger charge is -2.10. The van der Waals surface area contributed by atoms with E-state index in [0.717, 1.165) is 10.6 Å². The highest BCUT2D eigenvalue weighted by Gasteiger charge is 2.12. The third kappa shape index (κ3) is 5.40. The first kappa shape index (κ1) is 20.0. The maximum absolute atomic E-state index is 12.3. The van der Waals surface area contributed by atoms with Gasteiger partial charge in [0, 0.05) is 18.3 Å². The van der Waals surface area contributed by atoms with Crippen LogP contribution in [0.25, 0.3) is 10.6 Å². The second kappa shape index (κ2) is 10.0. The quantitative estimate of drug-likeness (QED) is 0.507. The number of nitrogens with one attached hydrogen (secondary N) is 2. The van der Waals surface area contributed by atoms with Crippen molar-refractivity contribution in [1.82, 2.24) is 10.3 Å². The molecule has 3 rings (SSSR count). The minimum atomic E-state index is -0.204. The molecule has 0 aliphatic heterocycles. The van der Waals surface area contributed by atoms with Crippen molar-refractivity contribution >= 4 is 39.6 Å². The molecule has 0 aliphatic rings. The number of aromatic nitrogens is 1. The van der Waals surface area contributed by atoms with Gasteiger partial charge in [0.2, 0.25) is 5.91 Å². The Bertz CT molecular complexity index is 922. The summed E-state index contributed by atoms with van der Waals surface area (Å²) in [4.78, 5) is 29.9. The van der Waals surface area contributed by atoms with Crippen molar-refractivity contribution in [1.29, 1.82) is 0 Å². The molecule has 6 nitrogen and oxygen atoms in total. The summed E-state index contributed by atoms with van der Waals surface area (Å²) in [7, 11) is 0. The van der Waals surface area contributed by atoms with Crippen LogP contribution in [0.15, 0.2) is 47.2 Å². The molecule has 1 aromatic carbocycles. The van der Waals surface area contributed by atoms with Crippen molar-refractivity contribution in [2.75, 3.05) is 18.5 Å². The van der Waals surface area contributed by atoms with Crippen molar-refractivity contribution in [3.8, 4) is 16.3 Å². The van der Waals surface area contributed by atoms with Gasteiger partial charge in [0.05, 0.1) is 22.7 Å². The molecule has 8 heteroatoms. The number of nitrogens with zero attached hydrogens (tertiary/aromatic N) is 1. The van der Waals surface area contributed by atoms with Gasteiger partial charge in [-0.3, -0.25) is 9.59 Å². The molecule has 0 bridgehead atoms. The van der Waals surface area contributed by atoms with E-state index in [1.54, 1.807) is 29.5 Å². The molecular weight excluding hydrogens is 394 g/mol. The predicted molar refractivity (Wildman–Crippen MR) is 113 cm³/mol. The molecule has 0 atom stereocenters. The molecule has 28 heavy (non-hydrogen) atoms. The van der Waals surface area contributed by atoms with Crippen LogP contribution in [-0.4, -0.2) is 29.9 Å². The van der Waals surface area contributed by atoms with Gasteiger partial charge in [0.1, 0.15) is 5.75 Å².